The summed E-state index contributed by atoms with van der Waals surface area (Å²) in [5, 5.41) is 10.3. The molecule has 2 aromatic heterocycles. The lowest BCUT2D eigenvalue weighted by Crippen LogP contribution is -2.44. The normalized spacial score (nSPS) is 19.7. The number of hydrogen-bond acceptors (Lipinski definition) is 4. The van der Waals surface area contributed by atoms with Gasteiger partial charge in [0, 0.05) is 23.5 Å². The zero-order valence-electron chi connectivity index (χ0n) is 18.6. The highest BCUT2D eigenvalue weighted by Gasteiger charge is 2.40. The third-order valence-electron chi connectivity index (χ3n) is 6.49. The number of H-pyrrole nitrogens is 1. The fourth-order valence-corrected chi connectivity index (χ4v) is 4.09. The highest BCUT2D eigenvalue weighted by atomic mass is 19.4. The molecule has 6 nitrogen and oxygen atoms in total. The molecule has 2 heterocycles. The molecule has 174 valence electrons. The van der Waals surface area contributed by atoms with Crippen LogP contribution in [0.15, 0.2) is 18.3 Å². The number of hydrogen-bond donors (Lipinski definition) is 2. The minimum Gasteiger partial charge on any atom is -0.481 e. The summed E-state index contributed by atoms with van der Waals surface area (Å²) in [5.74, 6) is 0.248. The van der Waals surface area contributed by atoms with Crippen molar-refractivity contribution in [3.8, 4) is 5.75 Å². The molecule has 4 rings (SSSR count). The SMILES string of the molecule is Cc1cc(C(C)(CC2CC2)NC(=O)c2cc(O[C@@H](C)C(F)(F)F)c(C3CCC3)cn2)n[nH]1. The summed E-state index contributed by atoms with van der Waals surface area (Å²) in [6.45, 7) is 4.78. The summed E-state index contributed by atoms with van der Waals surface area (Å²) in [6, 6.07) is 3.24. The Kier molecular flexibility index (Phi) is 5.94. The Morgan fingerprint density at radius 2 is 2.00 bits per heavy atom. The standard InChI is InChI=1S/C23H29F3N4O2/c1-13-9-20(30-29-13)22(3,11-15-7-8-15)28-21(31)18-10-19(32-14(2)23(24,25)26)17(12-27-18)16-5-4-6-16/h9-10,12,14-16H,4-8,11H2,1-3H3,(H,28,31)(H,29,30)/t14-,22?/m0/s1. The Balaban J connectivity index is 1.60. The van der Waals surface area contributed by atoms with E-state index in [0.29, 0.717) is 11.5 Å². The molecule has 2 aliphatic rings. The molecule has 1 unspecified atom stereocenters. The van der Waals surface area contributed by atoms with E-state index < -0.39 is 23.7 Å². The Morgan fingerprint density at radius 1 is 1.28 bits per heavy atom. The second-order valence-electron chi connectivity index (χ2n) is 9.41. The Bertz CT molecular complexity index is 982. The lowest BCUT2D eigenvalue weighted by atomic mass is 9.80. The van der Waals surface area contributed by atoms with E-state index in [-0.39, 0.29) is 17.4 Å². The minimum atomic E-state index is -4.50. The molecule has 0 aromatic carbocycles. The van der Waals surface area contributed by atoms with Crippen LogP contribution >= 0.6 is 0 Å². The number of nitrogens with one attached hydrogen (secondary N) is 2. The third kappa shape index (κ3) is 4.91. The maximum atomic E-state index is 13.2. The first-order chi connectivity index (χ1) is 15.0. The van der Waals surface area contributed by atoms with Crippen LogP contribution in [0.2, 0.25) is 0 Å². The van der Waals surface area contributed by atoms with Gasteiger partial charge >= 0.3 is 6.18 Å². The second kappa shape index (κ2) is 8.41. The first-order valence-corrected chi connectivity index (χ1v) is 11.1. The molecular formula is C23H29F3N4O2. The number of carbonyl (C=O) groups excluding carboxylic acids is 1. The molecule has 0 saturated heterocycles. The molecule has 0 spiro atoms. The number of carbonyl (C=O) groups is 1. The lowest BCUT2D eigenvalue weighted by Gasteiger charge is -2.30. The maximum Gasteiger partial charge on any atom is 0.425 e. The van der Waals surface area contributed by atoms with E-state index in [1.165, 1.54) is 12.3 Å². The predicted octanol–water partition coefficient (Wildman–Crippen LogP) is 5.16. The molecule has 0 aliphatic heterocycles. The molecule has 2 saturated carbocycles. The number of aromatic nitrogens is 3. The van der Waals surface area contributed by atoms with Crippen molar-refractivity contribution < 1.29 is 22.7 Å². The minimum absolute atomic E-state index is 0.0340. The second-order valence-corrected chi connectivity index (χ2v) is 9.41. The van der Waals surface area contributed by atoms with Crippen LogP contribution in [-0.2, 0) is 5.54 Å². The van der Waals surface area contributed by atoms with E-state index in [0.717, 1.165) is 56.8 Å². The number of amides is 1. The van der Waals surface area contributed by atoms with E-state index in [2.05, 4.69) is 20.5 Å². The van der Waals surface area contributed by atoms with Crippen molar-refractivity contribution in [2.75, 3.05) is 0 Å². The monoisotopic (exact) mass is 450 g/mol. The van der Waals surface area contributed by atoms with Gasteiger partial charge in [0.15, 0.2) is 6.10 Å². The van der Waals surface area contributed by atoms with Gasteiger partial charge in [-0.2, -0.15) is 18.3 Å². The van der Waals surface area contributed by atoms with Gasteiger partial charge in [-0.15, -0.1) is 0 Å². The van der Waals surface area contributed by atoms with Gasteiger partial charge in [-0.25, -0.2) is 0 Å². The number of ether oxygens (including phenoxy) is 1. The fraction of sp³-hybridized carbons (Fsp3) is 0.609. The van der Waals surface area contributed by atoms with Crippen molar-refractivity contribution in [1.82, 2.24) is 20.5 Å². The zero-order chi connectivity index (χ0) is 23.1. The summed E-state index contributed by atoms with van der Waals surface area (Å²) in [4.78, 5) is 17.4. The number of pyridine rings is 1. The van der Waals surface area contributed by atoms with E-state index in [1.54, 1.807) is 0 Å². The number of halogens is 3. The Hall–Kier alpha value is -2.58. The van der Waals surface area contributed by atoms with Gasteiger partial charge in [-0.05, 0) is 57.9 Å². The fourth-order valence-electron chi connectivity index (χ4n) is 4.09. The van der Waals surface area contributed by atoms with Gasteiger partial charge in [-0.3, -0.25) is 14.9 Å². The van der Waals surface area contributed by atoms with E-state index >= 15 is 0 Å². The van der Waals surface area contributed by atoms with Crippen molar-refractivity contribution in [2.45, 2.75) is 83.0 Å². The first-order valence-electron chi connectivity index (χ1n) is 11.1. The molecule has 1 amide bonds. The van der Waals surface area contributed by atoms with Gasteiger partial charge in [-0.1, -0.05) is 19.3 Å². The summed E-state index contributed by atoms with van der Waals surface area (Å²) in [6.07, 6.45) is 0.738. The Labute approximate surface area is 185 Å². The molecule has 2 aliphatic carbocycles. The van der Waals surface area contributed by atoms with Gasteiger partial charge in [0.1, 0.15) is 11.4 Å². The van der Waals surface area contributed by atoms with E-state index in [1.807, 2.05) is 19.9 Å². The average molecular weight is 451 g/mol. The van der Waals surface area contributed by atoms with Gasteiger partial charge in [0.2, 0.25) is 0 Å². The predicted molar refractivity (Wildman–Crippen MR) is 112 cm³/mol. The van der Waals surface area contributed by atoms with Crippen molar-refractivity contribution in [1.29, 1.82) is 0 Å². The number of aromatic amines is 1. The largest absolute Gasteiger partial charge is 0.481 e. The van der Waals surface area contributed by atoms with Gasteiger partial charge in [0.25, 0.3) is 5.91 Å². The summed E-state index contributed by atoms with van der Waals surface area (Å²) in [5.41, 5.74) is 1.57. The Morgan fingerprint density at radius 3 is 2.53 bits per heavy atom. The van der Waals surface area contributed by atoms with E-state index in [4.69, 9.17) is 4.74 Å². The van der Waals surface area contributed by atoms with Crippen molar-refractivity contribution >= 4 is 5.91 Å². The molecule has 2 aromatic rings. The smallest absolute Gasteiger partial charge is 0.425 e. The number of rotatable bonds is 8. The van der Waals surface area contributed by atoms with Crippen molar-refractivity contribution in [3.05, 3.63) is 41.0 Å². The van der Waals surface area contributed by atoms with Crippen LogP contribution in [-0.4, -0.2) is 33.4 Å². The van der Waals surface area contributed by atoms with Crippen LogP contribution in [0.1, 0.15) is 85.7 Å². The van der Waals surface area contributed by atoms with E-state index in [9.17, 15) is 18.0 Å². The quantitative estimate of drug-likeness (QED) is 0.583. The van der Waals surface area contributed by atoms with Gasteiger partial charge < -0.3 is 10.1 Å². The molecule has 2 fully saturated rings. The molecule has 2 N–H and O–H groups in total. The summed E-state index contributed by atoms with van der Waals surface area (Å²) >= 11 is 0. The van der Waals surface area contributed by atoms with Crippen LogP contribution in [0.3, 0.4) is 0 Å². The van der Waals surface area contributed by atoms with Crippen LogP contribution in [0, 0.1) is 12.8 Å². The van der Waals surface area contributed by atoms with Crippen LogP contribution in [0.25, 0.3) is 0 Å². The molecule has 0 radical (unpaired) electrons. The lowest BCUT2D eigenvalue weighted by molar-refractivity contribution is -0.189. The zero-order valence-corrected chi connectivity index (χ0v) is 18.6. The third-order valence-corrected chi connectivity index (χ3v) is 6.49. The van der Waals surface area contributed by atoms with Crippen LogP contribution in [0.4, 0.5) is 13.2 Å². The molecular weight excluding hydrogens is 421 g/mol. The molecule has 9 heteroatoms. The van der Waals surface area contributed by atoms with Crippen LogP contribution in [0.5, 0.6) is 5.75 Å². The van der Waals surface area contributed by atoms with Crippen molar-refractivity contribution in [3.63, 3.8) is 0 Å². The molecule has 0 bridgehead atoms. The molecule has 32 heavy (non-hydrogen) atoms. The first kappa shape index (κ1) is 22.6. The summed E-state index contributed by atoms with van der Waals surface area (Å²) < 4.78 is 44.7. The highest BCUT2D eigenvalue weighted by molar-refractivity contribution is 5.93. The maximum absolute atomic E-state index is 13.2. The summed E-state index contributed by atoms with van der Waals surface area (Å²) in [7, 11) is 0. The number of aryl methyl sites for hydroxylation is 1. The number of nitrogens with zero attached hydrogens (tertiary/aromatic N) is 2. The topological polar surface area (TPSA) is 79.9 Å². The van der Waals surface area contributed by atoms with Crippen LogP contribution < -0.4 is 10.1 Å². The van der Waals surface area contributed by atoms with Gasteiger partial charge in [0.05, 0.1) is 11.2 Å². The highest BCUT2D eigenvalue weighted by Crippen LogP contribution is 2.42. The van der Waals surface area contributed by atoms with Crippen molar-refractivity contribution in [2.24, 2.45) is 5.92 Å². The molecule has 2 atom stereocenters. The number of alkyl halides is 3. The average Bonchev–Trinajstić information content (AvgIpc) is 3.36.